The van der Waals surface area contributed by atoms with Gasteiger partial charge in [0, 0.05) is 23.8 Å². The Bertz CT molecular complexity index is 1520. The van der Waals surface area contributed by atoms with Gasteiger partial charge in [-0.05, 0) is 80.8 Å². The first kappa shape index (κ1) is 28.1. The molecule has 0 spiro atoms. The second-order valence-corrected chi connectivity index (χ2v) is 13.5. The maximum Gasteiger partial charge on any atom is 0.264 e. The summed E-state index contributed by atoms with van der Waals surface area (Å²) in [7, 11) is -7.70. The molecule has 3 aromatic carbocycles. The van der Waals surface area contributed by atoms with Gasteiger partial charge in [0.15, 0.2) is 0 Å². The fourth-order valence-corrected chi connectivity index (χ4v) is 7.29. The lowest BCUT2D eigenvalue weighted by molar-refractivity contribution is -0.114. The largest absolute Gasteiger partial charge is 0.325 e. The van der Waals surface area contributed by atoms with E-state index in [1.807, 2.05) is 6.92 Å². The number of nitrogens with zero attached hydrogens (tertiary/aromatic N) is 2. The molecule has 1 N–H and O–H groups in total. The third-order valence-electron chi connectivity index (χ3n) is 6.43. The molecule has 1 heterocycles. The van der Waals surface area contributed by atoms with E-state index in [0.29, 0.717) is 23.8 Å². The van der Waals surface area contributed by atoms with Crippen molar-refractivity contribution in [1.29, 1.82) is 0 Å². The summed E-state index contributed by atoms with van der Waals surface area (Å²) in [6.07, 6.45) is 2.69. The molecule has 4 rings (SSSR count). The van der Waals surface area contributed by atoms with E-state index in [-0.39, 0.29) is 15.5 Å². The number of hydrogen-bond donors (Lipinski definition) is 1. The molecule has 0 aromatic heterocycles. The summed E-state index contributed by atoms with van der Waals surface area (Å²) in [5, 5.41) is 3.05. The monoisotopic (exact) mass is 575 g/mol. The Morgan fingerprint density at radius 1 is 0.868 bits per heavy atom. The van der Waals surface area contributed by atoms with Crippen LogP contribution in [0.1, 0.15) is 30.4 Å². The summed E-state index contributed by atoms with van der Waals surface area (Å²) in [4.78, 5) is 13.2. The van der Waals surface area contributed by atoms with E-state index in [4.69, 9.17) is 11.6 Å². The number of sulfonamides is 2. The second-order valence-electron chi connectivity index (χ2n) is 9.30. The maximum atomic E-state index is 13.6. The molecule has 3 aromatic rings. The van der Waals surface area contributed by atoms with Gasteiger partial charge in [0.1, 0.15) is 6.54 Å². The standard InChI is InChI=1S/C27H30ClN3O5S2/c1-20-6-12-25(13-7-20)38(35,36)31(23-11-8-21(2)26(28)18-23)19-27(32)29-22-9-14-24(15-10-22)37(33,34)30-16-4-3-5-17-30/h6-15,18H,3-5,16-17,19H2,1-2H3,(H,29,32). The highest BCUT2D eigenvalue weighted by molar-refractivity contribution is 7.92. The molecule has 0 unspecified atom stereocenters. The highest BCUT2D eigenvalue weighted by Gasteiger charge is 2.28. The zero-order valence-corrected chi connectivity index (χ0v) is 23.6. The molecule has 8 nitrogen and oxygen atoms in total. The van der Waals surface area contributed by atoms with Gasteiger partial charge in [0.2, 0.25) is 15.9 Å². The van der Waals surface area contributed by atoms with Crippen LogP contribution in [0.25, 0.3) is 0 Å². The number of piperidine rings is 1. The van der Waals surface area contributed by atoms with Gasteiger partial charge in [0.25, 0.3) is 10.0 Å². The lowest BCUT2D eigenvalue weighted by Gasteiger charge is -2.26. The van der Waals surface area contributed by atoms with Crippen molar-refractivity contribution in [2.45, 2.75) is 42.9 Å². The van der Waals surface area contributed by atoms with Crippen LogP contribution >= 0.6 is 11.6 Å². The summed E-state index contributed by atoms with van der Waals surface area (Å²) in [5.74, 6) is -0.593. The molecule has 0 radical (unpaired) electrons. The molecule has 0 aliphatic carbocycles. The molecule has 1 amide bonds. The van der Waals surface area contributed by atoms with Gasteiger partial charge in [0.05, 0.1) is 15.5 Å². The molecule has 1 aliphatic rings. The smallest absolute Gasteiger partial charge is 0.264 e. The third-order valence-corrected chi connectivity index (χ3v) is 10.5. The summed E-state index contributed by atoms with van der Waals surface area (Å²) >= 11 is 6.27. The van der Waals surface area contributed by atoms with Crippen molar-refractivity contribution in [3.8, 4) is 0 Å². The average Bonchev–Trinajstić information content (AvgIpc) is 2.90. The number of halogens is 1. The third kappa shape index (κ3) is 6.20. The molecule has 0 atom stereocenters. The number of anilines is 2. The van der Waals surface area contributed by atoms with E-state index in [0.717, 1.165) is 34.7 Å². The lowest BCUT2D eigenvalue weighted by atomic mass is 10.2. The molecular weight excluding hydrogens is 546 g/mol. The zero-order valence-electron chi connectivity index (χ0n) is 21.2. The number of nitrogens with one attached hydrogen (secondary N) is 1. The van der Waals surface area contributed by atoms with Crippen LogP contribution in [0.15, 0.2) is 76.5 Å². The molecule has 38 heavy (non-hydrogen) atoms. The Kier molecular flexibility index (Phi) is 8.46. The summed E-state index contributed by atoms with van der Waals surface area (Å²) in [6.45, 7) is 4.13. The van der Waals surface area contributed by atoms with Crippen LogP contribution in [0.4, 0.5) is 11.4 Å². The van der Waals surface area contributed by atoms with Crippen LogP contribution in [-0.4, -0.2) is 46.7 Å². The van der Waals surface area contributed by atoms with Crippen molar-refractivity contribution in [3.63, 3.8) is 0 Å². The van der Waals surface area contributed by atoms with Crippen LogP contribution in [0, 0.1) is 13.8 Å². The van der Waals surface area contributed by atoms with Crippen molar-refractivity contribution < 1.29 is 21.6 Å². The second kappa shape index (κ2) is 11.4. The van der Waals surface area contributed by atoms with Crippen molar-refractivity contribution in [1.82, 2.24) is 4.31 Å². The Hall–Kier alpha value is -2.92. The maximum absolute atomic E-state index is 13.6. The van der Waals surface area contributed by atoms with Crippen LogP contribution in [0.2, 0.25) is 5.02 Å². The molecule has 1 saturated heterocycles. The van der Waals surface area contributed by atoms with E-state index >= 15 is 0 Å². The van der Waals surface area contributed by atoms with E-state index in [1.165, 1.54) is 46.8 Å². The number of hydrogen-bond acceptors (Lipinski definition) is 5. The Balaban J connectivity index is 1.56. The molecule has 11 heteroatoms. The van der Waals surface area contributed by atoms with Gasteiger partial charge in [-0.2, -0.15) is 4.31 Å². The van der Waals surface area contributed by atoms with Gasteiger partial charge in [-0.15, -0.1) is 0 Å². The fourth-order valence-electron chi connectivity index (χ4n) is 4.18. The zero-order chi connectivity index (χ0) is 27.5. The van der Waals surface area contributed by atoms with Crippen molar-refractivity contribution >= 4 is 48.9 Å². The Labute approximate surface area is 229 Å². The molecule has 0 bridgehead atoms. The first-order valence-electron chi connectivity index (χ1n) is 12.2. The quantitative estimate of drug-likeness (QED) is 0.408. The molecule has 0 saturated carbocycles. The average molecular weight is 576 g/mol. The van der Waals surface area contributed by atoms with Crippen molar-refractivity contribution in [2.24, 2.45) is 0 Å². The summed E-state index contributed by atoms with van der Waals surface area (Å²) in [5.41, 5.74) is 2.27. The lowest BCUT2D eigenvalue weighted by Crippen LogP contribution is -2.38. The number of amides is 1. The van der Waals surface area contributed by atoms with Crippen molar-refractivity contribution in [2.75, 3.05) is 29.3 Å². The summed E-state index contributed by atoms with van der Waals surface area (Å²) in [6, 6.07) is 17.0. The van der Waals surface area contributed by atoms with Gasteiger partial charge in [-0.25, -0.2) is 16.8 Å². The Morgan fingerprint density at radius 2 is 1.47 bits per heavy atom. The van der Waals surface area contributed by atoms with Gasteiger partial charge >= 0.3 is 0 Å². The SMILES string of the molecule is Cc1ccc(S(=O)(=O)N(CC(=O)Nc2ccc(S(=O)(=O)N3CCCCC3)cc2)c2ccc(C)c(Cl)c2)cc1. The Morgan fingerprint density at radius 3 is 2.08 bits per heavy atom. The predicted molar refractivity (Wildman–Crippen MR) is 150 cm³/mol. The van der Waals surface area contributed by atoms with Crippen molar-refractivity contribution in [3.05, 3.63) is 82.9 Å². The topological polar surface area (TPSA) is 104 Å². The highest BCUT2D eigenvalue weighted by Crippen LogP contribution is 2.28. The van der Waals surface area contributed by atoms with Crippen LogP contribution in [0.5, 0.6) is 0 Å². The molecule has 1 aliphatic heterocycles. The predicted octanol–water partition coefficient (Wildman–Crippen LogP) is 4.97. The molecule has 202 valence electrons. The van der Waals surface area contributed by atoms with Crippen LogP contribution < -0.4 is 9.62 Å². The summed E-state index contributed by atoms with van der Waals surface area (Å²) < 4.78 is 55.4. The number of benzene rings is 3. The minimum atomic E-state index is -4.10. The van der Waals surface area contributed by atoms with E-state index in [1.54, 1.807) is 31.2 Å². The number of carbonyl (C=O) groups excluding carboxylic acids is 1. The first-order chi connectivity index (χ1) is 18.0. The van der Waals surface area contributed by atoms with Crippen LogP contribution in [-0.2, 0) is 24.8 Å². The van der Waals surface area contributed by atoms with E-state index in [2.05, 4.69) is 5.32 Å². The molecule has 1 fully saturated rings. The van der Waals surface area contributed by atoms with Gasteiger partial charge < -0.3 is 5.32 Å². The van der Waals surface area contributed by atoms with E-state index in [9.17, 15) is 21.6 Å². The number of carbonyl (C=O) groups is 1. The number of rotatable bonds is 8. The molecular formula is C27H30ClN3O5S2. The van der Waals surface area contributed by atoms with Crippen LogP contribution in [0.3, 0.4) is 0 Å². The number of aryl methyl sites for hydroxylation is 2. The van der Waals surface area contributed by atoms with Gasteiger partial charge in [-0.3, -0.25) is 9.10 Å². The van der Waals surface area contributed by atoms with E-state index < -0.39 is 32.5 Å². The minimum absolute atomic E-state index is 0.0415. The highest BCUT2D eigenvalue weighted by atomic mass is 35.5. The normalized spacial score (nSPS) is 14.7. The first-order valence-corrected chi connectivity index (χ1v) is 15.5. The van der Waals surface area contributed by atoms with Gasteiger partial charge in [-0.1, -0.05) is 41.8 Å². The minimum Gasteiger partial charge on any atom is -0.325 e. The fraction of sp³-hybridized carbons (Fsp3) is 0.296.